The first-order chi connectivity index (χ1) is 6.99. The molecular formula is C10H17O4P. The lowest BCUT2D eigenvalue weighted by Crippen LogP contribution is -2.11. The van der Waals surface area contributed by atoms with Crippen LogP contribution in [0.2, 0.25) is 0 Å². The second-order valence-corrected chi connectivity index (χ2v) is 4.42. The predicted octanol–water partition coefficient (Wildman–Crippen LogP) is 3.14. The average molecular weight is 232 g/mol. The lowest BCUT2D eigenvalue weighted by Gasteiger charge is -2.13. The van der Waals surface area contributed by atoms with Gasteiger partial charge in [-0.2, -0.15) is 0 Å². The molecule has 0 fully saturated rings. The van der Waals surface area contributed by atoms with E-state index in [9.17, 15) is 13.9 Å². The molecule has 0 radical (unpaired) electrons. The fourth-order valence-electron chi connectivity index (χ4n) is 1.69. The third kappa shape index (κ3) is 3.63. The first kappa shape index (κ1) is 14.1. The second-order valence-electron chi connectivity index (χ2n) is 3.23. The number of rotatable bonds is 6. The Balaban J connectivity index is 5.42. The number of allylic oxidation sites excluding steroid dienone is 1. The van der Waals surface area contributed by atoms with Crippen LogP contribution in [-0.2, 0) is 13.9 Å². The monoisotopic (exact) mass is 232 g/mol. The normalized spacial score (nSPS) is 14.3. The van der Waals surface area contributed by atoms with Crippen LogP contribution in [0.4, 0.5) is 0 Å². The molecule has 0 aromatic heterocycles. The maximum absolute atomic E-state index is 11.0. The highest BCUT2D eigenvalue weighted by Crippen LogP contribution is 2.30. The summed E-state index contributed by atoms with van der Waals surface area (Å²) in [5.74, 6) is -1.01. The molecule has 0 saturated carbocycles. The molecule has 0 bridgehead atoms. The minimum Gasteiger partial charge on any atom is -0.478 e. The molecule has 1 atom stereocenters. The molecule has 0 aliphatic rings. The average Bonchev–Trinajstić information content (AvgIpc) is 2.16. The Hall–Kier alpha value is -0.890. The van der Waals surface area contributed by atoms with Crippen molar-refractivity contribution in [2.24, 2.45) is 0 Å². The maximum Gasteiger partial charge on any atom is 0.331 e. The number of hydrogen-bond donors (Lipinski definition) is 1. The molecule has 4 nitrogen and oxygen atoms in total. The zero-order valence-corrected chi connectivity index (χ0v) is 10.2. The summed E-state index contributed by atoms with van der Waals surface area (Å²) in [7, 11) is -2.59. The molecule has 1 unspecified atom stereocenters. The number of carboxylic acid groups (broad SMARTS) is 1. The molecule has 0 aromatic carbocycles. The quantitative estimate of drug-likeness (QED) is 0.564. The zero-order valence-electron chi connectivity index (χ0n) is 9.32. The molecule has 0 amide bonds. The fraction of sp³-hybridized carbons (Fsp3) is 0.700. The van der Waals surface area contributed by atoms with Crippen LogP contribution in [0.1, 0.15) is 40.0 Å². The van der Waals surface area contributed by atoms with Crippen LogP contribution < -0.4 is 0 Å². The minimum atomic E-state index is -2.59. The SMILES string of the molecule is CC/C(C(=O)O)=C(/CC)C(CC)P(=O)=O. The Morgan fingerprint density at radius 2 is 1.73 bits per heavy atom. The molecule has 5 heteroatoms. The summed E-state index contributed by atoms with van der Waals surface area (Å²) in [6.07, 6.45) is 1.26. The number of carbonyl (C=O) groups is 1. The highest BCUT2D eigenvalue weighted by atomic mass is 31.1. The van der Waals surface area contributed by atoms with Crippen LogP contribution in [0.3, 0.4) is 0 Å². The standard InChI is InChI=1S/C10H17O4P/c1-4-7(8(5-2)10(11)12)9(6-3)15(13)14/h9H,4-6H2,1-3H3,(H,11,12)/b8-7+. The van der Waals surface area contributed by atoms with Crippen LogP contribution in [-0.4, -0.2) is 16.7 Å². The van der Waals surface area contributed by atoms with Gasteiger partial charge in [-0.3, -0.25) is 0 Å². The summed E-state index contributed by atoms with van der Waals surface area (Å²) in [6.45, 7) is 5.26. The summed E-state index contributed by atoms with van der Waals surface area (Å²) in [4.78, 5) is 10.9. The van der Waals surface area contributed by atoms with Gasteiger partial charge >= 0.3 is 13.6 Å². The molecule has 0 spiro atoms. The van der Waals surface area contributed by atoms with Gasteiger partial charge < -0.3 is 5.11 Å². The molecule has 1 N–H and O–H groups in total. The summed E-state index contributed by atoms with van der Waals surface area (Å²) >= 11 is 0. The predicted molar refractivity (Wildman–Crippen MR) is 57.6 cm³/mol. The minimum absolute atomic E-state index is 0.239. The van der Waals surface area contributed by atoms with Crippen molar-refractivity contribution in [3.05, 3.63) is 11.1 Å². The van der Waals surface area contributed by atoms with E-state index in [1.807, 2.05) is 0 Å². The topological polar surface area (TPSA) is 71.4 Å². The van der Waals surface area contributed by atoms with Crippen molar-refractivity contribution in [2.75, 3.05) is 0 Å². The van der Waals surface area contributed by atoms with Crippen LogP contribution in [0, 0.1) is 0 Å². The Kier molecular flexibility index (Phi) is 6.18. The first-order valence-electron chi connectivity index (χ1n) is 5.08. The Morgan fingerprint density at radius 1 is 1.20 bits per heavy atom. The van der Waals surface area contributed by atoms with E-state index in [4.69, 9.17) is 5.11 Å². The molecule has 0 aromatic rings. The Labute approximate surface area is 90.2 Å². The van der Waals surface area contributed by atoms with E-state index in [0.717, 1.165) is 0 Å². The molecule has 0 aliphatic heterocycles. The molecule has 0 rings (SSSR count). The van der Waals surface area contributed by atoms with Gasteiger partial charge in [0.25, 0.3) is 0 Å². The van der Waals surface area contributed by atoms with Crippen molar-refractivity contribution in [2.45, 2.75) is 45.7 Å². The van der Waals surface area contributed by atoms with Crippen molar-refractivity contribution in [1.29, 1.82) is 0 Å². The largest absolute Gasteiger partial charge is 0.478 e. The summed E-state index contributed by atoms with van der Waals surface area (Å²) < 4.78 is 22.0. The van der Waals surface area contributed by atoms with Gasteiger partial charge in [0, 0.05) is 5.57 Å². The van der Waals surface area contributed by atoms with Gasteiger partial charge in [0.2, 0.25) is 0 Å². The molecular weight excluding hydrogens is 215 g/mol. The van der Waals surface area contributed by atoms with Gasteiger partial charge in [-0.25, -0.2) is 13.9 Å². The van der Waals surface area contributed by atoms with Gasteiger partial charge in [-0.05, 0) is 24.8 Å². The van der Waals surface area contributed by atoms with E-state index in [1.165, 1.54) is 0 Å². The molecule has 15 heavy (non-hydrogen) atoms. The van der Waals surface area contributed by atoms with E-state index in [2.05, 4.69) is 0 Å². The van der Waals surface area contributed by atoms with Crippen molar-refractivity contribution < 1.29 is 19.0 Å². The highest BCUT2D eigenvalue weighted by molar-refractivity contribution is 7.32. The van der Waals surface area contributed by atoms with Crippen LogP contribution in [0.15, 0.2) is 11.1 Å². The van der Waals surface area contributed by atoms with Crippen LogP contribution in [0.5, 0.6) is 0 Å². The lowest BCUT2D eigenvalue weighted by molar-refractivity contribution is -0.132. The Morgan fingerprint density at radius 3 is 1.93 bits per heavy atom. The smallest absolute Gasteiger partial charge is 0.331 e. The lowest BCUT2D eigenvalue weighted by atomic mass is 9.99. The zero-order chi connectivity index (χ0) is 12.0. The summed E-state index contributed by atoms with van der Waals surface area (Å²) in [6, 6.07) is 0. The fourth-order valence-corrected chi connectivity index (χ4v) is 2.58. The van der Waals surface area contributed by atoms with E-state index in [-0.39, 0.29) is 5.57 Å². The molecule has 0 aliphatic carbocycles. The van der Waals surface area contributed by atoms with Gasteiger partial charge in [-0.1, -0.05) is 20.8 Å². The van der Waals surface area contributed by atoms with Gasteiger partial charge in [0.1, 0.15) is 0 Å². The highest BCUT2D eigenvalue weighted by Gasteiger charge is 2.22. The Bertz CT molecular complexity index is 320. The van der Waals surface area contributed by atoms with Gasteiger partial charge in [-0.15, -0.1) is 0 Å². The number of hydrogen-bond acceptors (Lipinski definition) is 3. The maximum atomic E-state index is 11.0. The van der Waals surface area contributed by atoms with Gasteiger partial charge in [0.15, 0.2) is 0 Å². The first-order valence-corrected chi connectivity index (χ1v) is 6.32. The van der Waals surface area contributed by atoms with Crippen molar-refractivity contribution in [1.82, 2.24) is 0 Å². The van der Waals surface area contributed by atoms with E-state index >= 15 is 0 Å². The van der Waals surface area contributed by atoms with Crippen molar-refractivity contribution in [3.8, 4) is 0 Å². The molecule has 0 saturated heterocycles. The third-order valence-electron chi connectivity index (χ3n) is 2.42. The van der Waals surface area contributed by atoms with E-state index in [1.54, 1.807) is 20.8 Å². The summed E-state index contributed by atoms with van der Waals surface area (Å²) in [5, 5.41) is 8.95. The van der Waals surface area contributed by atoms with E-state index in [0.29, 0.717) is 24.8 Å². The summed E-state index contributed by atoms with van der Waals surface area (Å²) in [5.41, 5.74) is 0.156. The van der Waals surface area contributed by atoms with Crippen LogP contribution >= 0.6 is 7.68 Å². The van der Waals surface area contributed by atoms with Crippen molar-refractivity contribution in [3.63, 3.8) is 0 Å². The third-order valence-corrected chi connectivity index (χ3v) is 3.61. The molecule has 86 valence electrons. The number of aliphatic carboxylic acids is 1. The van der Waals surface area contributed by atoms with E-state index < -0.39 is 19.3 Å². The second kappa shape index (κ2) is 6.57. The van der Waals surface area contributed by atoms with Crippen molar-refractivity contribution >= 4 is 13.6 Å². The molecule has 0 heterocycles. The van der Waals surface area contributed by atoms with Crippen LogP contribution in [0.25, 0.3) is 0 Å². The van der Waals surface area contributed by atoms with Gasteiger partial charge in [0.05, 0.1) is 5.66 Å². The number of carboxylic acids is 1.